The van der Waals surface area contributed by atoms with E-state index in [1.165, 1.54) is 19.1 Å². The van der Waals surface area contributed by atoms with Crippen LogP contribution in [0, 0.1) is 0 Å². The van der Waals surface area contributed by atoms with E-state index in [-0.39, 0.29) is 17.2 Å². The van der Waals surface area contributed by atoms with Crippen molar-refractivity contribution in [2.45, 2.75) is 31.7 Å². The van der Waals surface area contributed by atoms with Gasteiger partial charge in [0.25, 0.3) is 0 Å². The molecule has 0 aromatic heterocycles. The summed E-state index contributed by atoms with van der Waals surface area (Å²) in [6.07, 6.45) is 0.931. The van der Waals surface area contributed by atoms with Gasteiger partial charge in [-0.1, -0.05) is 31.2 Å². The Balaban J connectivity index is 2.04. The lowest BCUT2D eigenvalue weighted by molar-refractivity contribution is 0.101. The van der Waals surface area contributed by atoms with Crippen molar-refractivity contribution < 1.29 is 17.9 Å². The summed E-state index contributed by atoms with van der Waals surface area (Å²) in [5, 5.41) is 0. The first-order valence-corrected chi connectivity index (χ1v) is 9.23. The van der Waals surface area contributed by atoms with Crippen LogP contribution >= 0.6 is 0 Å². The molecule has 0 amide bonds. The summed E-state index contributed by atoms with van der Waals surface area (Å²) in [5.41, 5.74) is 1.19. The van der Waals surface area contributed by atoms with Gasteiger partial charge >= 0.3 is 0 Å². The maximum absolute atomic E-state index is 12.3. The number of ether oxygens (including phenoxy) is 1. The number of benzene rings is 2. The number of nitrogens with one attached hydrogen (secondary N) is 1. The zero-order valence-electron chi connectivity index (χ0n) is 13.8. The minimum absolute atomic E-state index is 0.0816. The maximum Gasteiger partial charge on any atom is 0.240 e. The number of hydrogen-bond acceptors (Lipinski definition) is 4. The first kappa shape index (κ1) is 18.2. The van der Waals surface area contributed by atoms with E-state index in [9.17, 15) is 13.2 Å². The zero-order valence-corrected chi connectivity index (χ0v) is 14.6. The molecule has 0 bridgehead atoms. The number of rotatable bonds is 8. The summed E-state index contributed by atoms with van der Waals surface area (Å²) in [6, 6.07) is 13.3. The quantitative estimate of drug-likeness (QED) is 0.745. The summed E-state index contributed by atoms with van der Waals surface area (Å²) < 4.78 is 32.7. The number of sulfonamides is 1. The van der Waals surface area contributed by atoms with Crippen molar-refractivity contribution in [3.05, 3.63) is 59.7 Å². The van der Waals surface area contributed by atoms with E-state index in [2.05, 4.69) is 4.72 Å². The van der Waals surface area contributed by atoms with Crippen LogP contribution in [0.4, 0.5) is 0 Å². The second-order valence-electron chi connectivity index (χ2n) is 5.40. The third-order valence-corrected chi connectivity index (χ3v) is 4.81. The minimum atomic E-state index is -3.67. The molecule has 128 valence electrons. The zero-order chi connectivity index (χ0) is 17.6. The molecule has 0 fully saturated rings. The number of carbonyl (C=O) groups is 1. The molecule has 6 heteroatoms. The number of Topliss-reactive ketones (excluding diaryl/α,β-unsaturated/α-hetero) is 1. The lowest BCUT2D eigenvalue weighted by Gasteiger charge is -2.09. The number of hydrogen-bond donors (Lipinski definition) is 1. The molecule has 24 heavy (non-hydrogen) atoms. The predicted octanol–water partition coefficient (Wildman–Crippen LogP) is 3.16. The molecule has 5 nitrogen and oxygen atoms in total. The van der Waals surface area contributed by atoms with E-state index >= 15 is 0 Å². The van der Waals surface area contributed by atoms with E-state index in [4.69, 9.17) is 4.74 Å². The number of carbonyl (C=O) groups excluding carboxylic acids is 1. The lowest BCUT2D eigenvalue weighted by Crippen LogP contribution is -2.23. The van der Waals surface area contributed by atoms with Crippen LogP contribution in [0.15, 0.2) is 53.4 Å². The third-order valence-electron chi connectivity index (χ3n) is 3.41. The second-order valence-corrected chi connectivity index (χ2v) is 7.17. The highest BCUT2D eigenvalue weighted by atomic mass is 32.2. The van der Waals surface area contributed by atoms with Gasteiger partial charge in [0.2, 0.25) is 10.0 Å². The molecule has 2 rings (SSSR count). The van der Waals surface area contributed by atoms with Gasteiger partial charge in [0.1, 0.15) is 5.75 Å². The van der Waals surface area contributed by atoms with Gasteiger partial charge in [0.15, 0.2) is 5.78 Å². The van der Waals surface area contributed by atoms with Crippen molar-refractivity contribution in [1.29, 1.82) is 0 Å². The smallest absolute Gasteiger partial charge is 0.240 e. The van der Waals surface area contributed by atoms with Crippen molar-refractivity contribution in [1.82, 2.24) is 4.72 Å². The summed E-state index contributed by atoms with van der Waals surface area (Å²) in [5.74, 6) is 0.590. The van der Waals surface area contributed by atoms with Crippen LogP contribution in [0.5, 0.6) is 5.75 Å². The Morgan fingerprint density at radius 3 is 2.46 bits per heavy atom. The fraction of sp³-hybridized carbons (Fsp3) is 0.278. The Kier molecular flexibility index (Phi) is 6.11. The third kappa shape index (κ3) is 4.91. The van der Waals surface area contributed by atoms with Crippen LogP contribution in [-0.4, -0.2) is 20.8 Å². The summed E-state index contributed by atoms with van der Waals surface area (Å²) in [4.78, 5) is 11.5. The SMILES string of the molecule is CCCOc1ccc(CNS(=O)(=O)c2cccc(C(C)=O)c2)cc1. The summed E-state index contributed by atoms with van der Waals surface area (Å²) in [6.45, 7) is 4.25. The average Bonchev–Trinajstić information content (AvgIpc) is 2.59. The molecule has 0 aliphatic heterocycles. The highest BCUT2D eigenvalue weighted by Gasteiger charge is 2.15. The molecule has 1 N–H and O–H groups in total. The van der Waals surface area contributed by atoms with E-state index in [0.29, 0.717) is 12.2 Å². The van der Waals surface area contributed by atoms with E-state index in [1.54, 1.807) is 12.1 Å². The molecule has 0 saturated carbocycles. The molecule has 0 atom stereocenters. The maximum atomic E-state index is 12.3. The molecule has 0 spiro atoms. The monoisotopic (exact) mass is 347 g/mol. The normalized spacial score (nSPS) is 11.2. The topological polar surface area (TPSA) is 72.5 Å². The highest BCUT2D eigenvalue weighted by Crippen LogP contribution is 2.15. The lowest BCUT2D eigenvalue weighted by atomic mass is 10.2. The number of ketones is 1. The van der Waals surface area contributed by atoms with Crippen LogP contribution in [0.3, 0.4) is 0 Å². The molecule has 0 unspecified atom stereocenters. The molecule has 2 aromatic rings. The van der Waals surface area contributed by atoms with Crippen LogP contribution in [0.25, 0.3) is 0 Å². The van der Waals surface area contributed by atoms with Gasteiger partial charge < -0.3 is 4.74 Å². The van der Waals surface area contributed by atoms with Crippen molar-refractivity contribution >= 4 is 15.8 Å². The Morgan fingerprint density at radius 1 is 1.12 bits per heavy atom. The molecule has 0 radical (unpaired) electrons. The molecular weight excluding hydrogens is 326 g/mol. The molecule has 0 aliphatic rings. The first-order valence-electron chi connectivity index (χ1n) is 7.75. The fourth-order valence-corrected chi connectivity index (χ4v) is 3.13. The van der Waals surface area contributed by atoms with Gasteiger partial charge in [-0.15, -0.1) is 0 Å². The van der Waals surface area contributed by atoms with Crippen molar-refractivity contribution in [3.8, 4) is 5.75 Å². The Hall–Kier alpha value is -2.18. The second kappa shape index (κ2) is 8.08. The fourth-order valence-electron chi connectivity index (χ4n) is 2.07. The van der Waals surface area contributed by atoms with Crippen LogP contribution in [0.1, 0.15) is 36.2 Å². The Labute approximate surface area is 142 Å². The van der Waals surface area contributed by atoms with E-state index < -0.39 is 10.0 Å². The molecular formula is C18H21NO4S. The largest absolute Gasteiger partial charge is 0.494 e. The summed E-state index contributed by atoms with van der Waals surface area (Å²) >= 11 is 0. The van der Waals surface area contributed by atoms with Gasteiger partial charge in [-0.25, -0.2) is 13.1 Å². The van der Waals surface area contributed by atoms with Crippen molar-refractivity contribution in [2.24, 2.45) is 0 Å². The Bertz CT molecular complexity index is 798. The molecule has 0 saturated heterocycles. The predicted molar refractivity (Wildman–Crippen MR) is 92.7 cm³/mol. The molecule has 0 aliphatic carbocycles. The van der Waals surface area contributed by atoms with Gasteiger partial charge in [0, 0.05) is 12.1 Å². The average molecular weight is 347 g/mol. The van der Waals surface area contributed by atoms with Crippen LogP contribution in [-0.2, 0) is 16.6 Å². The highest BCUT2D eigenvalue weighted by molar-refractivity contribution is 7.89. The van der Waals surface area contributed by atoms with Gasteiger partial charge in [-0.3, -0.25) is 4.79 Å². The molecule has 2 aromatic carbocycles. The van der Waals surface area contributed by atoms with Gasteiger partial charge in [-0.2, -0.15) is 0 Å². The minimum Gasteiger partial charge on any atom is -0.494 e. The molecule has 0 heterocycles. The van der Waals surface area contributed by atoms with Crippen molar-refractivity contribution in [2.75, 3.05) is 6.61 Å². The van der Waals surface area contributed by atoms with Crippen molar-refractivity contribution in [3.63, 3.8) is 0 Å². The van der Waals surface area contributed by atoms with E-state index in [0.717, 1.165) is 17.7 Å². The van der Waals surface area contributed by atoms with Gasteiger partial charge in [0.05, 0.1) is 11.5 Å². The van der Waals surface area contributed by atoms with Gasteiger partial charge in [-0.05, 0) is 43.2 Å². The standard InChI is InChI=1S/C18H21NO4S/c1-3-11-23-17-9-7-15(8-10-17)13-19-24(21,22)18-6-4-5-16(12-18)14(2)20/h4-10,12,19H,3,11,13H2,1-2H3. The summed E-state index contributed by atoms with van der Waals surface area (Å²) in [7, 11) is -3.67. The first-order chi connectivity index (χ1) is 11.4. The van der Waals surface area contributed by atoms with Crippen LogP contribution in [0.2, 0.25) is 0 Å². The Morgan fingerprint density at radius 2 is 1.83 bits per heavy atom. The van der Waals surface area contributed by atoms with E-state index in [1.807, 2.05) is 31.2 Å². The van der Waals surface area contributed by atoms with Crippen LogP contribution < -0.4 is 9.46 Å².